The fraction of sp³-hybridized carbons (Fsp3) is 0.778. The maximum absolute atomic E-state index is 11.4. The van der Waals surface area contributed by atoms with Crippen LogP contribution in [0, 0.1) is 0 Å². The molecule has 0 radical (unpaired) electrons. The quantitative estimate of drug-likeness (QED) is 0.218. The standard InChI is InChI=1S/C18H32O7S/c1-3-4-5-6-7-8-9-10-11-12-13-15(17(19)20)16(18(21)22)14(2)26(23,24)25/h14H,3-13H2,1-2H3,(H,19,20)(H,21,22)(H,23,24,25)/b16-15-. The molecule has 3 N–H and O–H groups in total. The summed E-state index contributed by atoms with van der Waals surface area (Å²) < 4.78 is 31.5. The number of carboxylic acids is 2. The first-order valence-electron chi connectivity index (χ1n) is 9.28. The summed E-state index contributed by atoms with van der Waals surface area (Å²) in [6.45, 7) is 3.15. The van der Waals surface area contributed by atoms with Crippen LogP contribution in [-0.2, 0) is 19.7 Å². The van der Waals surface area contributed by atoms with Crippen molar-refractivity contribution in [3.05, 3.63) is 11.1 Å². The van der Waals surface area contributed by atoms with Crippen LogP contribution in [0.1, 0.15) is 84.5 Å². The van der Waals surface area contributed by atoms with Crippen molar-refractivity contribution in [2.24, 2.45) is 0 Å². The molecule has 0 bridgehead atoms. The molecule has 0 fully saturated rings. The minimum absolute atomic E-state index is 0.0344. The highest BCUT2D eigenvalue weighted by Crippen LogP contribution is 2.22. The van der Waals surface area contributed by atoms with Gasteiger partial charge in [-0.2, -0.15) is 8.42 Å². The lowest BCUT2D eigenvalue weighted by Crippen LogP contribution is -2.27. The molecular weight excluding hydrogens is 360 g/mol. The number of aliphatic carboxylic acids is 2. The van der Waals surface area contributed by atoms with Gasteiger partial charge in [0.05, 0.1) is 5.57 Å². The predicted molar refractivity (Wildman–Crippen MR) is 99.8 cm³/mol. The highest BCUT2D eigenvalue weighted by molar-refractivity contribution is 7.86. The topological polar surface area (TPSA) is 129 Å². The number of hydrogen-bond donors (Lipinski definition) is 3. The van der Waals surface area contributed by atoms with Gasteiger partial charge in [-0.15, -0.1) is 0 Å². The third-order valence-corrected chi connectivity index (χ3v) is 5.58. The van der Waals surface area contributed by atoms with E-state index in [1.54, 1.807) is 0 Å². The van der Waals surface area contributed by atoms with Crippen LogP contribution in [0.5, 0.6) is 0 Å². The van der Waals surface area contributed by atoms with E-state index >= 15 is 0 Å². The number of hydrogen-bond acceptors (Lipinski definition) is 4. The van der Waals surface area contributed by atoms with Crippen molar-refractivity contribution in [1.29, 1.82) is 0 Å². The van der Waals surface area contributed by atoms with Crippen molar-refractivity contribution < 1.29 is 32.8 Å². The molecule has 0 aliphatic heterocycles. The van der Waals surface area contributed by atoms with E-state index in [9.17, 15) is 28.2 Å². The third kappa shape index (κ3) is 9.91. The Hall–Kier alpha value is -1.41. The zero-order valence-electron chi connectivity index (χ0n) is 15.7. The van der Waals surface area contributed by atoms with Gasteiger partial charge < -0.3 is 10.2 Å². The van der Waals surface area contributed by atoms with Gasteiger partial charge in [-0.1, -0.05) is 64.7 Å². The summed E-state index contributed by atoms with van der Waals surface area (Å²) in [4.78, 5) is 22.7. The zero-order chi connectivity index (χ0) is 20.2. The second-order valence-electron chi connectivity index (χ2n) is 6.59. The lowest BCUT2D eigenvalue weighted by atomic mass is 9.98. The summed E-state index contributed by atoms with van der Waals surface area (Å²) in [6, 6.07) is 0. The highest BCUT2D eigenvalue weighted by Gasteiger charge is 2.32. The van der Waals surface area contributed by atoms with Gasteiger partial charge in [0.1, 0.15) is 5.25 Å². The minimum Gasteiger partial charge on any atom is -0.478 e. The van der Waals surface area contributed by atoms with E-state index in [4.69, 9.17) is 4.55 Å². The van der Waals surface area contributed by atoms with Gasteiger partial charge in [0.25, 0.3) is 10.1 Å². The summed E-state index contributed by atoms with van der Waals surface area (Å²) in [6.07, 6.45) is 10.4. The van der Waals surface area contributed by atoms with Crippen molar-refractivity contribution in [2.45, 2.75) is 89.7 Å². The molecular formula is C18H32O7S. The first-order chi connectivity index (χ1) is 12.1. The number of rotatable bonds is 15. The van der Waals surface area contributed by atoms with Crippen molar-refractivity contribution in [3.63, 3.8) is 0 Å². The molecule has 0 aromatic heterocycles. The second-order valence-corrected chi connectivity index (χ2v) is 8.33. The predicted octanol–water partition coefficient (Wildman–Crippen LogP) is 4.04. The molecule has 0 rings (SSSR count). The SMILES string of the molecule is CCCCCCCCCCCC/C(C(=O)O)=C(/C(=O)O)C(C)S(=O)(=O)O. The molecule has 26 heavy (non-hydrogen) atoms. The molecule has 0 aromatic carbocycles. The van der Waals surface area contributed by atoms with Gasteiger partial charge in [-0.25, -0.2) is 9.59 Å². The van der Waals surface area contributed by atoms with Crippen molar-refractivity contribution >= 4 is 22.1 Å². The number of carbonyl (C=O) groups is 2. The fourth-order valence-electron chi connectivity index (χ4n) is 2.84. The smallest absolute Gasteiger partial charge is 0.333 e. The Morgan fingerprint density at radius 1 is 0.808 bits per heavy atom. The molecule has 1 unspecified atom stereocenters. The summed E-state index contributed by atoms with van der Waals surface area (Å²) in [5.41, 5.74) is -1.22. The molecule has 7 nitrogen and oxygen atoms in total. The maximum Gasteiger partial charge on any atom is 0.333 e. The molecule has 0 aliphatic carbocycles. The Labute approximate surface area is 156 Å². The van der Waals surface area contributed by atoms with E-state index in [1.165, 1.54) is 32.1 Å². The van der Waals surface area contributed by atoms with E-state index in [0.29, 0.717) is 6.42 Å². The molecule has 152 valence electrons. The normalized spacial score (nSPS) is 14.0. The average molecular weight is 393 g/mol. The number of unbranched alkanes of at least 4 members (excludes halogenated alkanes) is 9. The van der Waals surface area contributed by atoms with E-state index in [1.807, 2.05) is 0 Å². The van der Waals surface area contributed by atoms with Gasteiger partial charge in [-0.05, 0) is 19.8 Å². The van der Waals surface area contributed by atoms with E-state index in [2.05, 4.69) is 6.92 Å². The molecule has 0 saturated carbocycles. The van der Waals surface area contributed by atoms with Gasteiger partial charge >= 0.3 is 11.9 Å². The lowest BCUT2D eigenvalue weighted by Gasteiger charge is -2.13. The van der Waals surface area contributed by atoms with Gasteiger partial charge in [0.15, 0.2) is 0 Å². The highest BCUT2D eigenvalue weighted by atomic mass is 32.2. The van der Waals surface area contributed by atoms with E-state index in [-0.39, 0.29) is 6.42 Å². The van der Waals surface area contributed by atoms with Crippen molar-refractivity contribution in [3.8, 4) is 0 Å². The first kappa shape index (κ1) is 24.6. The zero-order valence-corrected chi connectivity index (χ0v) is 16.6. The van der Waals surface area contributed by atoms with Crippen LogP contribution in [0.25, 0.3) is 0 Å². The summed E-state index contributed by atoms with van der Waals surface area (Å²) >= 11 is 0. The van der Waals surface area contributed by atoms with Crippen LogP contribution < -0.4 is 0 Å². The van der Waals surface area contributed by atoms with Crippen LogP contribution in [0.15, 0.2) is 11.1 Å². The minimum atomic E-state index is -4.68. The largest absolute Gasteiger partial charge is 0.478 e. The van der Waals surface area contributed by atoms with Crippen LogP contribution in [0.3, 0.4) is 0 Å². The Bertz CT molecular complexity index is 578. The monoisotopic (exact) mass is 392 g/mol. The third-order valence-electron chi connectivity index (χ3n) is 4.45. The van der Waals surface area contributed by atoms with Crippen molar-refractivity contribution in [1.82, 2.24) is 0 Å². The molecule has 0 spiro atoms. The Balaban J connectivity index is 4.55. The van der Waals surface area contributed by atoms with Crippen LogP contribution >= 0.6 is 0 Å². The first-order valence-corrected chi connectivity index (χ1v) is 10.8. The molecule has 0 amide bonds. The molecule has 0 aromatic rings. The Morgan fingerprint density at radius 2 is 1.23 bits per heavy atom. The van der Waals surface area contributed by atoms with Crippen LogP contribution in [0.4, 0.5) is 0 Å². The van der Waals surface area contributed by atoms with E-state index < -0.39 is 38.5 Å². The van der Waals surface area contributed by atoms with Crippen LogP contribution in [0.2, 0.25) is 0 Å². The second kappa shape index (κ2) is 12.9. The Morgan fingerprint density at radius 3 is 1.58 bits per heavy atom. The maximum atomic E-state index is 11.4. The van der Waals surface area contributed by atoms with E-state index in [0.717, 1.165) is 32.6 Å². The fourth-order valence-corrected chi connectivity index (χ4v) is 3.38. The molecule has 0 saturated heterocycles. The average Bonchev–Trinajstić information content (AvgIpc) is 2.53. The molecule has 0 heterocycles. The summed E-state index contributed by atoms with van der Waals surface area (Å²) in [7, 11) is -4.68. The number of carboxylic acid groups (broad SMARTS) is 2. The van der Waals surface area contributed by atoms with Crippen LogP contribution in [-0.4, -0.2) is 40.4 Å². The van der Waals surface area contributed by atoms with Gasteiger partial charge in [-0.3, -0.25) is 4.55 Å². The summed E-state index contributed by atoms with van der Waals surface area (Å²) in [5, 5.41) is 16.7. The molecule has 0 aliphatic rings. The van der Waals surface area contributed by atoms with Gasteiger partial charge in [0.2, 0.25) is 0 Å². The Kier molecular flexibility index (Phi) is 12.2. The lowest BCUT2D eigenvalue weighted by molar-refractivity contribution is -0.136. The molecule has 8 heteroatoms. The van der Waals surface area contributed by atoms with Gasteiger partial charge in [0, 0.05) is 5.57 Å². The molecule has 1 atom stereocenters. The summed E-state index contributed by atoms with van der Waals surface area (Å²) in [5.74, 6) is -3.10. The van der Waals surface area contributed by atoms with Crippen molar-refractivity contribution in [2.75, 3.05) is 0 Å².